The second kappa shape index (κ2) is 7.60. The third-order valence-corrected chi connectivity index (χ3v) is 3.36. The van der Waals surface area contributed by atoms with Gasteiger partial charge in [-0.2, -0.15) is 0 Å². The van der Waals surface area contributed by atoms with Crippen molar-refractivity contribution in [2.45, 2.75) is 0 Å². The summed E-state index contributed by atoms with van der Waals surface area (Å²) in [6.07, 6.45) is 6.01. The van der Waals surface area contributed by atoms with Crippen molar-refractivity contribution in [2.24, 2.45) is 0 Å². The van der Waals surface area contributed by atoms with E-state index in [-0.39, 0.29) is 5.97 Å². The largest absolute Gasteiger partial charge is 0.465 e. The molecule has 21 heavy (non-hydrogen) atoms. The number of carbonyl (C=O) groups is 1. The predicted molar refractivity (Wildman–Crippen MR) is 90.2 cm³/mol. The number of rotatable bonds is 4. The number of hydrogen-bond acceptors (Lipinski definition) is 2. The Hall–Kier alpha value is -2.13. The molecule has 0 saturated carbocycles. The van der Waals surface area contributed by atoms with E-state index in [0.29, 0.717) is 5.56 Å². The van der Waals surface area contributed by atoms with E-state index in [0.717, 1.165) is 15.6 Å². The van der Waals surface area contributed by atoms with Crippen molar-refractivity contribution >= 4 is 34.1 Å². The van der Waals surface area contributed by atoms with Crippen LogP contribution in [0.15, 0.2) is 65.2 Å². The second-order valence-corrected chi connectivity index (χ2v) is 5.30. The van der Waals surface area contributed by atoms with E-state index in [1.165, 1.54) is 7.11 Å². The van der Waals surface area contributed by atoms with Gasteiger partial charge in [-0.3, -0.25) is 0 Å². The zero-order chi connectivity index (χ0) is 15.1. The summed E-state index contributed by atoms with van der Waals surface area (Å²) in [5.41, 5.74) is 2.70. The van der Waals surface area contributed by atoms with E-state index < -0.39 is 0 Å². The van der Waals surface area contributed by atoms with Gasteiger partial charge in [0.25, 0.3) is 0 Å². The highest BCUT2D eigenvalue weighted by atomic mass is 79.9. The van der Waals surface area contributed by atoms with Gasteiger partial charge in [-0.15, -0.1) is 0 Å². The Kier molecular flexibility index (Phi) is 5.52. The smallest absolute Gasteiger partial charge is 0.337 e. The van der Waals surface area contributed by atoms with Crippen molar-refractivity contribution < 1.29 is 9.53 Å². The number of hydrogen-bond donors (Lipinski definition) is 0. The third kappa shape index (κ3) is 4.72. The van der Waals surface area contributed by atoms with Gasteiger partial charge < -0.3 is 4.74 Å². The van der Waals surface area contributed by atoms with Crippen LogP contribution in [0.5, 0.6) is 0 Å². The molecule has 106 valence electrons. The minimum absolute atomic E-state index is 0.325. The van der Waals surface area contributed by atoms with Crippen LogP contribution in [0.2, 0.25) is 0 Å². The minimum atomic E-state index is -0.325. The van der Waals surface area contributed by atoms with Gasteiger partial charge in [-0.1, -0.05) is 64.5 Å². The zero-order valence-electron chi connectivity index (χ0n) is 11.6. The van der Waals surface area contributed by atoms with Crippen LogP contribution in [0.25, 0.3) is 12.2 Å². The van der Waals surface area contributed by atoms with Crippen molar-refractivity contribution in [3.8, 4) is 0 Å². The minimum Gasteiger partial charge on any atom is -0.465 e. The molecular weight excluding hydrogens is 328 g/mol. The molecule has 0 radical (unpaired) electrons. The summed E-state index contributed by atoms with van der Waals surface area (Å²) in [5, 5.41) is 0. The van der Waals surface area contributed by atoms with Crippen molar-refractivity contribution in [1.29, 1.82) is 0 Å². The summed E-state index contributed by atoms with van der Waals surface area (Å²) in [4.78, 5) is 11.3. The molecule has 0 amide bonds. The highest BCUT2D eigenvalue weighted by Crippen LogP contribution is 2.16. The lowest BCUT2D eigenvalue weighted by molar-refractivity contribution is 0.0601. The van der Waals surface area contributed by atoms with E-state index in [1.807, 2.05) is 60.7 Å². The van der Waals surface area contributed by atoms with Crippen LogP contribution in [0.1, 0.15) is 21.5 Å². The summed E-state index contributed by atoms with van der Waals surface area (Å²) < 4.78 is 5.63. The van der Waals surface area contributed by atoms with Gasteiger partial charge in [0.2, 0.25) is 0 Å². The van der Waals surface area contributed by atoms with Crippen LogP contribution >= 0.6 is 15.9 Å². The number of allylic oxidation sites excluding steroid dienone is 2. The highest BCUT2D eigenvalue weighted by Gasteiger charge is 2.03. The molecule has 0 aliphatic rings. The maximum Gasteiger partial charge on any atom is 0.337 e. The Morgan fingerprint density at radius 1 is 1.00 bits per heavy atom. The molecule has 0 aliphatic heterocycles. The van der Waals surface area contributed by atoms with Gasteiger partial charge in [0.05, 0.1) is 12.7 Å². The molecule has 0 bridgehead atoms. The summed E-state index contributed by atoms with van der Waals surface area (Å²) in [6.45, 7) is 0. The lowest BCUT2D eigenvalue weighted by atomic mass is 10.1. The molecule has 3 heteroatoms. The molecular formula is C18H15BrO2. The molecule has 0 unspecified atom stereocenters. The summed E-state index contributed by atoms with van der Waals surface area (Å²) in [7, 11) is 1.38. The fourth-order valence-corrected chi connectivity index (χ4v) is 2.18. The first kappa shape index (κ1) is 15.3. The fourth-order valence-electron chi connectivity index (χ4n) is 1.78. The van der Waals surface area contributed by atoms with Crippen LogP contribution in [0.4, 0.5) is 0 Å². The van der Waals surface area contributed by atoms with E-state index in [9.17, 15) is 4.79 Å². The second-order valence-electron chi connectivity index (χ2n) is 4.39. The Morgan fingerprint density at radius 3 is 2.29 bits per heavy atom. The summed E-state index contributed by atoms with van der Waals surface area (Å²) >= 11 is 3.52. The van der Waals surface area contributed by atoms with Crippen molar-refractivity contribution in [2.75, 3.05) is 7.11 Å². The normalized spacial score (nSPS) is 11.6. The zero-order valence-corrected chi connectivity index (χ0v) is 13.2. The summed E-state index contributed by atoms with van der Waals surface area (Å²) in [6, 6.07) is 17.3. The molecule has 0 aliphatic carbocycles. The maximum absolute atomic E-state index is 11.3. The van der Waals surface area contributed by atoms with E-state index >= 15 is 0 Å². The van der Waals surface area contributed by atoms with Gasteiger partial charge in [0.15, 0.2) is 0 Å². The average Bonchev–Trinajstić information content (AvgIpc) is 2.54. The number of methoxy groups -OCH3 is 1. The van der Waals surface area contributed by atoms with E-state index in [4.69, 9.17) is 0 Å². The van der Waals surface area contributed by atoms with Crippen LogP contribution in [-0.2, 0) is 4.74 Å². The van der Waals surface area contributed by atoms with Gasteiger partial charge in [0, 0.05) is 4.48 Å². The standard InChI is InChI=1S/C18H15BrO2/c1-21-18(20)16-10-7-15(8-11-16)13-17(19)12-9-14-5-3-2-4-6-14/h2-13H,1H3/b12-9+,17-13-. The van der Waals surface area contributed by atoms with Gasteiger partial charge in [-0.25, -0.2) is 4.79 Å². The number of benzene rings is 2. The molecule has 0 aromatic heterocycles. The van der Waals surface area contributed by atoms with Gasteiger partial charge >= 0.3 is 5.97 Å². The van der Waals surface area contributed by atoms with Gasteiger partial charge in [0.1, 0.15) is 0 Å². The topological polar surface area (TPSA) is 26.3 Å². The molecule has 0 saturated heterocycles. The first-order chi connectivity index (χ1) is 10.2. The molecule has 0 fully saturated rings. The molecule has 0 heterocycles. The fraction of sp³-hybridized carbons (Fsp3) is 0.0556. The Morgan fingerprint density at radius 2 is 1.67 bits per heavy atom. The monoisotopic (exact) mass is 342 g/mol. The van der Waals surface area contributed by atoms with Gasteiger partial charge in [-0.05, 0) is 35.4 Å². The molecule has 2 nitrogen and oxygen atoms in total. The quantitative estimate of drug-likeness (QED) is 0.582. The molecule has 2 aromatic rings. The van der Waals surface area contributed by atoms with Crippen LogP contribution in [0.3, 0.4) is 0 Å². The van der Waals surface area contributed by atoms with E-state index in [1.54, 1.807) is 12.1 Å². The Bertz CT molecular complexity index is 655. The Labute approximate surface area is 132 Å². The van der Waals surface area contributed by atoms with Crippen LogP contribution < -0.4 is 0 Å². The van der Waals surface area contributed by atoms with Crippen LogP contribution in [-0.4, -0.2) is 13.1 Å². The molecule has 0 atom stereocenters. The molecule has 2 rings (SSSR count). The lowest BCUT2D eigenvalue weighted by Crippen LogP contribution is -2.00. The average molecular weight is 343 g/mol. The SMILES string of the molecule is COC(=O)c1ccc(/C=C(Br)/C=C/c2ccccc2)cc1. The predicted octanol–water partition coefficient (Wildman–Crippen LogP) is 4.92. The first-order valence-corrected chi connectivity index (χ1v) is 7.27. The number of carbonyl (C=O) groups excluding carboxylic acids is 1. The Balaban J connectivity index is 2.08. The van der Waals surface area contributed by atoms with Crippen molar-refractivity contribution in [3.05, 3.63) is 81.8 Å². The molecule has 0 N–H and O–H groups in total. The van der Waals surface area contributed by atoms with Crippen molar-refractivity contribution in [3.63, 3.8) is 0 Å². The highest BCUT2D eigenvalue weighted by molar-refractivity contribution is 9.12. The third-order valence-electron chi connectivity index (χ3n) is 2.87. The lowest BCUT2D eigenvalue weighted by Gasteiger charge is -2.00. The molecule has 2 aromatic carbocycles. The molecule has 0 spiro atoms. The maximum atomic E-state index is 11.3. The van der Waals surface area contributed by atoms with E-state index in [2.05, 4.69) is 20.7 Å². The van der Waals surface area contributed by atoms with Crippen molar-refractivity contribution in [1.82, 2.24) is 0 Å². The van der Waals surface area contributed by atoms with Crippen LogP contribution in [0, 0.1) is 0 Å². The summed E-state index contributed by atoms with van der Waals surface area (Å²) in [5.74, 6) is -0.325. The number of ether oxygens (including phenoxy) is 1. The number of esters is 1. The first-order valence-electron chi connectivity index (χ1n) is 6.48. The number of halogens is 1.